The largest absolute Gasteiger partial charge is 0.495 e. The molecule has 1 aromatic carbocycles. The van der Waals surface area contributed by atoms with Crippen molar-refractivity contribution in [2.75, 3.05) is 24.3 Å². The highest BCUT2D eigenvalue weighted by atomic mass is 16.5. The van der Waals surface area contributed by atoms with Crippen molar-refractivity contribution < 1.29 is 9.53 Å². The molecule has 5 nitrogen and oxygen atoms in total. The van der Waals surface area contributed by atoms with Gasteiger partial charge in [0, 0.05) is 44.4 Å². The summed E-state index contributed by atoms with van der Waals surface area (Å²) >= 11 is 0. The molecule has 1 aromatic heterocycles. The summed E-state index contributed by atoms with van der Waals surface area (Å²) in [5.41, 5.74) is 4.25. The molecule has 1 unspecified atom stereocenters. The lowest BCUT2D eigenvalue weighted by Crippen LogP contribution is -2.16. The average molecular weight is 365 g/mol. The number of nitrogens with one attached hydrogen (secondary N) is 1. The third-order valence-electron chi connectivity index (χ3n) is 4.77. The molecule has 2 aromatic rings. The standard InChI is InChI=1S/C22H27N3O2/c1-15-13-18(17-6-8-19(9-7-17)25(3)4)14-23-22(15)24-21(26)12-11-20-10-5-16(2)27-20/h5-9,13-14,20H,10-12H2,1-4H3,(H,23,24,26). The van der Waals surface area contributed by atoms with Crippen molar-refractivity contribution in [3.63, 3.8) is 0 Å². The topological polar surface area (TPSA) is 54.5 Å². The number of aryl methyl sites for hydroxylation is 1. The van der Waals surface area contributed by atoms with E-state index in [2.05, 4.69) is 51.6 Å². The Morgan fingerprint density at radius 1 is 1.22 bits per heavy atom. The molecule has 142 valence electrons. The molecule has 1 aliphatic rings. The number of ether oxygens (including phenoxy) is 1. The van der Waals surface area contributed by atoms with Gasteiger partial charge in [-0.25, -0.2) is 4.98 Å². The van der Waals surface area contributed by atoms with Crippen molar-refractivity contribution >= 4 is 17.4 Å². The highest BCUT2D eigenvalue weighted by Crippen LogP contribution is 2.25. The van der Waals surface area contributed by atoms with Gasteiger partial charge in [0.05, 0.1) is 5.76 Å². The Labute approximate surface area is 161 Å². The van der Waals surface area contributed by atoms with Crippen molar-refractivity contribution in [2.45, 2.75) is 39.2 Å². The number of benzene rings is 1. The molecule has 0 aliphatic carbocycles. The Morgan fingerprint density at radius 2 is 1.96 bits per heavy atom. The van der Waals surface area contributed by atoms with Crippen molar-refractivity contribution in [1.82, 2.24) is 4.98 Å². The van der Waals surface area contributed by atoms with Crippen LogP contribution < -0.4 is 10.2 Å². The van der Waals surface area contributed by atoms with E-state index in [0.29, 0.717) is 12.2 Å². The molecule has 27 heavy (non-hydrogen) atoms. The smallest absolute Gasteiger partial charge is 0.225 e. The van der Waals surface area contributed by atoms with Gasteiger partial charge in [-0.05, 0) is 55.7 Å². The van der Waals surface area contributed by atoms with Crippen LogP contribution in [0.5, 0.6) is 0 Å². The van der Waals surface area contributed by atoms with Gasteiger partial charge in [-0.1, -0.05) is 12.1 Å². The van der Waals surface area contributed by atoms with Gasteiger partial charge < -0.3 is 15.0 Å². The number of hydrogen-bond acceptors (Lipinski definition) is 4. The fourth-order valence-electron chi connectivity index (χ4n) is 3.14. The molecule has 2 heterocycles. The molecule has 0 saturated carbocycles. The van der Waals surface area contributed by atoms with E-state index in [1.807, 2.05) is 27.9 Å². The van der Waals surface area contributed by atoms with Crippen LogP contribution in [-0.4, -0.2) is 31.1 Å². The lowest BCUT2D eigenvalue weighted by Gasteiger charge is -2.14. The van der Waals surface area contributed by atoms with E-state index in [1.54, 1.807) is 6.20 Å². The van der Waals surface area contributed by atoms with Crippen LogP contribution in [0.4, 0.5) is 11.5 Å². The first-order valence-electron chi connectivity index (χ1n) is 9.30. The minimum atomic E-state index is -0.0261. The Hall–Kier alpha value is -2.82. The summed E-state index contributed by atoms with van der Waals surface area (Å²) in [5, 5.41) is 2.92. The summed E-state index contributed by atoms with van der Waals surface area (Å²) in [6.07, 6.45) is 6.03. The molecular weight excluding hydrogens is 338 g/mol. The van der Waals surface area contributed by atoms with Crippen LogP contribution in [0.1, 0.15) is 31.7 Å². The predicted octanol–water partition coefficient (Wildman–Crippen LogP) is 4.53. The van der Waals surface area contributed by atoms with Crippen LogP contribution in [0, 0.1) is 6.92 Å². The fraction of sp³-hybridized carbons (Fsp3) is 0.364. The van der Waals surface area contributed by atoms with Crippen LogP contribution in [-0.2, 0) is 9.53 Å². The molecule has 0 fully saturated rings. The minimum absolute atomic E-state index is 0.0261. The van der Waals surface area contributed by atoms with Gasteiger partial charge >= 0.3 is 0 Å². The first kappa shape index (κ1) is 19.0. The number of rotatable bonds is 6. The fourth-order valence-corrected chi connectivity index (χ4v) is 3.14. The summed E-state index contributed by atoms with van der Waals surface area (Å²) in [5.74, 6) is 1.55. The van der Waals surface area contributed by atoms with Crippen LogP contribution in [0.3, 0.4) is 0 Å². The molecule has 1 atom stereocenters. The van der Waals surface area contributed by atoms with Crippen molar-refractivity contribution in [3.8, 4) is 11.1 Å². The molecule has 0 radical (unpaired) electrons. The quantitative estimate of drug-likeness (QED) is 0.817. The third-order valence-corrected chi connectivity index (χ3v) is 4.77. The second-order valence-electron chi connectivity index (χ2n) is 7.21. The Morgan fingerprint density at radius 3 is 2.56 bits per heavy atom. The third kappa shape index (κ3) is 4.88. The zero-order valence-electron chi connectivity index (χ0n) is 16.5. The van der Waals surface area contributed by atoms with Gasteiger partial charge in [-0.2, -0.15) is 0 Å². The molecule has 1 amide bonds. The molecule has 0 spiro atoms. The molecule has 0 saturated heterocycles. The molecule has 1 N–H and O–H groups in total. The Balaban J connectivity index is 1.60. The second kappa shape index (κ2) is 8.25. The van der Waals surface area contributed by atoms with E-state index in [0.717, 1.165) is 41.0 Å². The van der Waals surface area contributed by atoms with Gasteiger partial charge in [0.25, 0.3) is 0 Å². The van der Waals surface area contributed by atoms with E-state index < -0.39 is 0 Å². The predicted molar refractivity (Wildman–Crippen MR) is 110 cm³/mol. The van der Waals surface area contributed by atoms with E-state index >= 15 is 0 Å². The molecule has 5 heteroatoms. The van der Waals surface area contributed by atoms with Crippen LogP contribution in [0.2, 0.25) is 0 Å². The summed E-state index contributed by atoms with van der Waals surface area (Å²) in [6.45, 7) is 3.91. The van der Waals surface area contributed by atoms with Gasteiger partial charge in [0.2, 0.25) is 5.91 Å². The van der Waals surface area contributed by atoms with E-state index in [-0.39, 0.29) is 12.0 Å². The maximum atomic E-state index is 12.2. The number of allylic oxidation sites excluding steroid dienone is 1. The van der Waals surface area contributed by atoms with Crippen LogP contribution in [0.15, 0.2) is 48.4 Å². The van der Waals surface area contributed by atoms with Crippen molar-refractivity contribution in [1.29, 1.82) is 0 Å². The first-order valence-corrected chi connectivity index (χ1v) is 9.30. The Kier molecular flexibility index (Phi) is 5.79. The molecule has 0 bridgehead atoms. The number of nitrogens with zero attached hydrogens (tertiary/aromatic N) is 2. The number of carbonyl (C=O) groups excluding carboxylic acids is 1. The summed E-state index contributed by atoms with van der Waals surface area (Å²) < 4.78 is 5.64. The summed E-state index contributed by atoms with van der Waals surface area (Å²) in [4.78, 5) is 18.8. The number of anilines is 2. The number of aromatic nitrogens is 1. The van der Waals surface area contributed by atoms with E-state index in [4.69, 9.17) is 4.74 Å². The lowest BCUT2D eigenvalue weighted by atomic mass is 10.1. The normalized spacial score (nSPS) is 15.9. The van der Waals surface area contributed by atoms with Gasteiger partial charge in [-0.15, -0.1) is 0 Å². The van der Waals surface area contributed by atoms with Gasteiger partial charge in [0.1, 0.15) is 11.9 Å². The second-order valence-corrected chi connectivity index (χ2v) is 7.21. The van der Waals surface area contributed by atoms with E-state index in [1.165, 1.54) is 0 Å². The zero-order chi connectivity index (χ0) is 19.4. The average Bonchev–Trinajstić information content (AvgIpc) is 3.07. The SMILES string of the molecule is CC1=CCC(CCC(=O)Nc2ncc(-c3ccc(N(C)C)cc3)cc2C)O1. The Bertz CT molecular complexity index is 841. The molecule has 1 aliphatic heterocycles. The first-order chi connectivity index (χ1) is 12.9. The molecular formula is C22H27N3O2. The van der Waals surface area contributed by atoms with Crippen molar-refractivity contribution in [2.24, 2.45) is 0 Å². The highest BCUT2D eigenvalue weighted by Gasteiger charge is 2.17. The van der Waals surface area contributed by atoms with Crippen LogP contribution >= 0.6 is 0 Å². The van der Waals surface area contributed by atoms with Gasteiger partial charge in [0.15, 0.2) is 0 Å². The number of pyridine rings is 1. The van der Waals surface area contributed by atoms with E-state index in [9.17, 15) is 4.79 Å². The zero-order valence-corrected chi connectivity index (χ0v) is 16.5. The highest BCUT2D eigenvalue weighted by molar-refractivity contribution is 5.90. The number of amides is 1. The lowest BCUT2D eigenvalue weighted by molar-refractivity contribution is -0.116. The maximum absolute atomic E-state index is 12.2. The van der Waals surface area contributed by atoms with Crippen molar-refractivity contribution in [3.05, 3.63) is 53.9 Å². The number of carbonyl (C=O) groups is 1. The monoisotopic (exact) mass is 365 g/mol. The van der Waals surface area contributed by atoms with Gasteiger partial charge in [-0.3, -0.25) is 4.79 Å². The molecule has 3 rings (SSSR count). The summed E-state index contributed by atoms with van der Waals surface area (Å²) in [6, 6.07) is 10.4. The summed E-state index contributed by atoms with van der Waals surface area (Å²) in [7, 11) is 4.05. The minimum Gasteiger partial charge on any atom is -0.495 e. The number of hydrogen-bond donors (Lipinski definition) is 1. The van der Waals surface area contributed by atoms with Crippen LogP contribution in [0.25, 0.3) is 11.1 Å². The maximum Gasteiger partial charge on any atom is 0.225 e.